The molecule has 1 aliphatic carbocycles. The predicted octanol–water partition coefficient (Wildman–Crippen LogP) is 2.39. The molecule has 0 aliphatic heterocycles. The molecule has 0 heterocycles. The fourth-order valence-corrected chi connectivity index (χ4v) is 2.93. The average Bonchev–Trinajstić information content (AvgIpc) is 2.57. The normalized spacial score (nSPS) is 20.4. The number of methoxy groups -OCH3 is 3. The summed E-state index contributed by atoms with van der Waals surface area (Å²) < 4.78 is 16.3. The molecule has 4 nitrogen and oxygen atoms in total. The van der Waals surface area contributed by atoms with Crippen molar-refractivity contribution in [1.82, 2.24) is 0 Å². The topological polar surface area (TPSA) is 53.7 Å². The molecule has 1 aromatic carbocycles. The number of hydrogen-bond donors (Lipinski definition) is 1. The zero-order chi connectivity index (χ0) is 13.5. The molecule has 0 saturated carbocycles. The van der Waals surface area contributed by atoms with E-state index in [1.807, 2.05) is 6.07 Å². The molecular formula is C14H21NO3. The lowest BCUT2D eigenvalue weighted by Crippen LogP contribution is -2.15. The Morgan fingerprint density at radius 1 is 1.11 bits per heavy atom. The van der Waals surface area contributed by atoms with Gasteiger partial charge in [0.25, 0.3) is 0 Å². The van der Waals surface area contributed by atoms with Crippen molar-refractivity contribution in [2.75, 3.05) is 21.3 Å². The molecule has 1 atom stereocenters. The Morgan fingerprint density at radius 2 is 1.72 bits per heavy atom. The van der Waals surface area contributed by atoms with Gasteiger partial charge in [0.1, 0.15) is 0 Å². The van der Waals surface area contributed by atoms with Gasteiger partial charge in [-0.2, -0.15) is 0 Å². The highest BCUT2D eigenvalue weighted by molar-refractivity contribution is 5.63. The lowest BCUT2D eigenvalue weighted by atomic mass is 9.85. The molecule has 0 saturated heterocycles. The lowest BCUT2D eigenvalue weighted by molar-refractivity contribution is 0.318. The zero-order valence-corrected chi connectivity index (χ0v) is 11.7. The molecule has 0 bridgehead atoms. The molecule has 0 spiro atoms. The van der Waals surface area contributed by atoms with Crippen LogP contribution in [0.1, 0.15) is 37.4 Å². The van der Waals surface area contributed by atoms with Crippen molar-refractivity contribution in [3.63, 3.8) is 0 Å². The van der Waals surface area contributed by atoms with Gasteiger partial charge in [-0.05, 0) is 23.5 Å². The molecule has 2 rings (SSSR count). The molecule has 2 N–H and O–H groups in total. The smallest absolute Gasteiger partial charge is 0.203 e. The average molecular weight is 251 g/mol. The van der Waals surface area contributed by atoms with Gasteiger partial charge in [0.15, 0.2) is 11.5 Å². The first kappa shape index (κ1) is 13.0. The van der Waals surface area contributed by atoms with Crippen molar-refractivity contribution in [2.24, 2.45) is 5.73 Å². The van der Waals surface area contributed by atoms with E-state index in [4.69, 9.17) is 19.9 Å². The number of ether oxygens (including phenoxy) is 3. The molecule has 1 aromatic rings. The van der Waals surface area contributed by atoms with Crippen LogP contribution in [0.3, 0.4) is 0 Å². The molecule has 0 amide bonds. The quantitative estimate of drug-likeness (QED) is 0.896. The molecule has 4 heteroatoms. The molecule has 0 aromatic heterocycles. The van der Waals surface area contributed by atoms with Gasteiger partial charge in [-0.3, -0.25) is 0 Å². The monoisotopic (exact) mass is 251 g/mol. The summed E-state index contributed by atoms with van der Waals surface area (Å²) in [6.45, 7) is 4.35. The summed E-state index contributed by atoms with van der Waals surface area (Å²) in [5.41, 5.74) is 8.42. The van der Waals surface area contributed by atoms with Gasteiger partial charge < -0.3 is 19.9 Å². The van der Waals surface area contributed by atoms with E-state index in [1.54, 1.807) is 21.3 Å². The summed E-state index contributed by atoms with van der Waals surface area (Å²) >= 11 is 0. The third-order valence-electron chi connectivity index (χ3n) is 3.67. The Labute approximate surface area is 108 Å². The minimum absolute atomic E-state index is 0.0142. The fraction of sp³-hybridized carbons (Fsp3) is 0.571. The van der Waals surface area contributed by atoms with Gasteiger partial charge in [-0.15, -0.1) is 0 Å². The van der Waals surface area contributed by atoms with Gasteiger partial charge in [0, 0.05) is 11.6 Å². The molecule has 1 aliphatic rings. The summed E-state index contributed by atoms with van der Waals surface area (Å²) in [7, 11) is 4.89. The summed E-state index contributed by atoms with van der Waals surface area (Å²) in [4.78, 5) is 0. The van der Waals surface area contributed by atoms with Gasteiger partial charge in [0.2, 0.25) is 5.75 Å². The van der Waals surface area contributed by atoms with Crippen LogP contribution >= 0.6 is 0 Å². The standard InChI is InChI=1S/C14H21NO3/c1-14(2)7-9(15)8-6-10(16-3)12(17-4)13(18-5)11(8)14/h6,9H,7,15H2,1-5H3/t9-/m1/s1. The maximum atomic E-state index is 6.21. The third kappa shape index (κ3) is 1.72. The van der Waals surface area contributed by atoms with E-state index >= 15 is 0 Å². The number of rotatable bonds is 3. The van der Waals surface area contributed by atoms with E-state index in [0.717, 1.165) is 23.3 Å². The van der Waals surface area contributed by atoms with Crippen LogP contribution in [0.5, 0.6) is 17.2 Å². The predicted molar refractivity (Wildman–Crippen MR) is 70.7 cm³/mol. The second-order valence-electron chi connectivity index (χ2n) is 5.30. The molecule has 18 heavy (non-hydrogen) atoms. The SMILES string of the molecule is COc1cc2c(c(OC)c1OC)C(C)(C)C[C@H]2N. The first-order valence-electron chi connectivity index (χ1n) is 6.05. The van der Waals surface area contributed by atoms with Crippen molar-refractivity contribution in [3.05, 3.63) is 17.2 Å². The second kappa shape index (κ2) is 4.35. The summed E-state index contributed by atoms with van der Waals surface area (Å²) in [6, 6.07) is 1.99. The van der Waals surface area contributed by atoms with Crippen LogP contribution in [-0.4, -0.2) is 21.3 Å². The van der Waals surface area contributed by atoms with Crippen molar-refractivity contribution < 1.29 is 14.2 Å². The van der Waals surface area contributed by atoms with Crippen molar-refractivity contribution in [3.8, 4) is 17.2 Å². The molecular weight excluding hydrogens is 230 g/mol. The minimum Gasteiger partial charge on any atom is -0.493 e. The second-order valence-corrected chi connectivity index (χ2v) is 5.30. The number of benzene rings is 1. The van der Waals surface area contributed by atoms with Gasteiger partial charge in [-0.25, -0.2) is 0 Å². The van der Waals surface area contributed by atoms with E-state index in [9.17, 15) is 0 Å². The van der Waals surface area contributed by atoms with Crippen LogP contribution in [0.2, 0.25) is 0 Å². The van der Waals surface area contributed by atoms with Crippen molar-refractivity contribution in [1.29, 1.82) is 0 Å². The van der Waals surface area contributed by atoms with Crippen LogP contribution in [0.4, 0.5) is 0 Å². The van der Waals surface area contributed by atoms with Crippen molar-refractivity contribution in [2.45, 2.75) is 31.7 Å². The van der Waals surface area contributed by atoms with E-state index in [2.05, 4.69) is 13.8 Å². The van der Waals surface area contributed by atoms with Crippen LogP contribution in [0.15, 0.2) is 6.07 Å². The Balaban J connectivity index is 2.76. The maximum absolute atomic E-state index is 6.21. The number of nitrogens with two attached hydrogens (primary N) is 1. The molecule has 0 fully saturated rings. The van der Waals surface area contributed by atoms with E-state index in [1.165, 1.54) is 0 Å². The van der Waals surface area contributed by atoms with Crippen LogP contribution in [0.25, 0.3) is 0 Å². The van der Waals surface area contributed by atoms with E-state index < -0.39 is 0 Å². The van der Waals surface area contributed by atoms with Gasteiger partial charge in [-0.1, -0.05) is 13.8 Å². The first-order valence-corrected chi connectivity index (χ1v) is 6.05. The minimum atomic E-state index is -0.0142. The Bertz CT molecular complexity index is 469. The van der Waals surface area contributed by atoms with Gasteiger partial charge in [0.05, 0.1) is 21.3 Å². The molecule has 0 unspecified atom stereocenters. The maximum Gasteiger partial charge on any atom is 0.203 e. The fourth-order valence-electron chi connectivity index (χ4n) is 2.93. The van der Waals surface area contributed by atoms with Crippen LogP contribution < -0.4 is 19.9 Å². The Hall–Kier alpha value is -1.42. The van der Waals surface area contributed by atoms with E-state index in [-0.39, 0.29) is 11.5 Å². The van der Waals surface area contributed by atoms with Gasteiger partial charge >= 0.3 is 0 Å². The molecule has 0 radical (unpaired) electrons. The van der Waals surface area contributed by atoms with Crippen LogP contribution in [-0.2, 0) is 5.41 Å². The van der Waals surface area contributed by atoms with Crippen molar-refractivity contribution >= 4 is 0 Å². The summed E-state index contributed by atoms with van der Waals surface area (Å²) in [5.74, 6) is 2.05. The zero-order valence-electron chi connectivity index (χ0n) is 11.7. The number of fused-ring (bicyclic) bond motifs is 1. The summed E-state index contributed by atoms with van der Waals surface area (Å²) in [5, 5.41) is 0. The molecule has 100 valence electrons. The highest BCUT2D eigenvalue weighted by atomic mass is 16.5. The Kier molecular flexibility index (Phi) is 3.15. The third-order valence-corrected chi connectivity index (χ3v) is 3.67. The number of hydrogen-bond acceptors (Lipinski definition) is 4. The van der Waals surface area contributed by atoms with E-state index in [0.29, 0.717) is 11.5 Å². The van der Waals surface area contributed by atoms with Crippen LogP contribution in [0, 0.1) is 0 Å². The Morgan fingerprint density at radius 3 is 2.22 bits per heavy atom. The largest absolute Gasteiger partial charge is 0.493 e. The highest BCUT2D eigenvalue weighted by Gasteiger charge is 2.40. The highest BCUT2D eigenvalue weighted by Crippen LogP contribution is 2.54. The lowest BCUT2D eigenvalue weighted by Gasteiger charge is -2.23. The first-order chi connectivity index (χ1) is 8.46. The summed E-state index contributed by atoms with van der Waals surface area (Å²) in [6.07, 6.45) is 0.898.